The van der Waals surface area contributed by atoms with Crippen LogP contribution >= 0.6 is 11.6 Å². The van der Waals surface area contributed by atoms with Gasteiger partial charge in [-0.25, -0.2) is 13.1 Å². The van der Waals surface area contributed by atoms with Gasteiger partial charge in [0.25, 0.3) is 0 Å². The molecule has 3 aromatic rings. The van der Waals surface area contributed by atoms with Gasteiger partial charge < -0.3 is 18.7 Å². The van der Waals surface area contributed by atoms with Gasteiger partial charge in [0.05, 0.1) is 26.2 Å². The minimum atomic E-state index is -3.66. The molecular formula is C19H20ClN3O6S. The second kappa shape index (κ2) is 9.33. The average Bonchev–Trinajstić information content (AvgIpc) is 3.21. The normalized spacial score (nSPS) is 11.3. The third-order valence-corrected chi connectivity index (χ3v) is 5.87. The molecule has 30 heavy (non-hydrogen) atoms. The summed E-state index contributed by atoms with van der Waals surface area (Å²) in [6.07, 6.45) is 0.213. The Morgan fingerprint density at radius 2 is 1.67 bits per heavy atom. The van der Waals surface area contributed by atoms with Gasteiger partial charge in [-0.3, -0.25) is 0 Å². The maximum atomic E-state index is 12.3. The summed E-state index contributed by atoms with van der Waals surface area (Å²) >= 11 is 5.79. The molecule has 9 nitrogen and oxygen atoms in total. The highest BCUT2D eigenvalue weighted by atomic mass is 35.5. The second-order valence-electron chi connectivity index (χ2n) is 6.03. The van der Waals surface area contributed by atoms with Crippen LogP contribution in [0.1, 0.15) is 5.89 Å². The lowest BCUT2D eigenvalue weighted by Gasteiger charge is -2.12. The molecule has 0 aliphatic heterocycles. The third kappa shape index (κ3) is 4.84. The molecule has 0 amide bonds. The largest absolute Gasteiger partial charge is 0.493 e. The zero-order valence-electron chi connectivity index (χ0n) is 16.5. The lowest BCUT2D eigenvalue weighted by molar-refractivity contribution is 0.324. The van der Waals surface area contributed by atoms with Crippen molar-refractivity contribution >= 4 is 21.6 Å². The van der Waals surface area contributed by atoms with Crippen molar-refractivity contribution < 1.29 is 27.2 Å². The summed E-state index contributed by atoms with van der Waals surface area (Å²) in [6.45, 7) is 0.0852. The monoisotopic (exact) mass is 453 g/mol. The molecule has 1 heterocycles. The number of aromatic nitrogens is 2. The highest BCUT2D eigenvalue weighted by molar-refractivity contribution is 7.89. The summed E-state index contributed by atoms with van der Waals surface area (Å²) in [5, 5.41) is 4.40. The highest BCUT2D eigenvalue weighted by Gasteiger charge is 2.18. The molecule has 0 aliphatic rings. The molecule has 1 N–H and O–H groups in total. The zero-order chi connectivity index (χ0) is 21.7. The number of benzene rings is 2. The molecule has 0 saturated heterocycles. The number of sulfonamides is 1. The molecule has 0 spiro atoms. The molecule has 0 bridgehead atoms. The molecule has 0 radical (unpaired) electrons. The van der Waals surface area contributed by atoms with E-state index in [9.17, 15) is 8.42 Å². The number of nitrogens with one attached hydrogen (secondary N) is 1. The van der Waals surface area contributed by atoms with E-state index in [2.05, 4.69) is 14.9 Å². The van der Waals surface area contributed by atoms with Gasteiger partial charge in [0.2, 0.25) is 27.5 Å². The van der Waals surface area contributed by atoms with Crippen LogP contribution in [0.2, 0.25) is 5.02 Å². The Kier molecular flexibility index (Phi) is 6.80. The molecule has 11 heteroatoms. The molecule has 0 unspecified atom stereocenters. The van der Waals surface area contributed by atoms with Gasteiger partial charge in [0, 0.05) is 23.6 Å². The summed E-state index contributed by atoms with van der Waals surface area (Å²) in [5.74, 6) is 1.94. The van der Waals surface area contributed by atoms with E-state index in [4.69, 9.17) is 30.3 Å². The van der Waals surface area contributed by atoms with Crippen LogP contribution in [0.5, 0.6) is 17.2 Å². The van der Waals surface area contributed by atoms with Gasteiger partial charge in [-0.1, -0.05) is 16.8 Å². The molecular weight excluding hydrogens is 434 g/mol. The first-order chi connectivity index (χ1) is 14.4. The molecule has 1 aromatic heterocycles. The molecule has 160 valence electrons. The summed E-state index contributed by atoms with van der Waals surface area (Å²) < 4.78 is 48.3. The minimum absolute atomic E-state index is 0.0852. The van der Waals surface area contributed by atoms with Crippen molar-refractivity contribution in [2.24, 2.45) is 0 Å². The fourth-order valence-corrected chi connectivity index (χ4v) is 3.83. The number of nitrogens with zero attached hydrogens (tertiary/aromatic N) is 2. The van der Waals surface area contributed by atoms with E-state index >= 15 is 0 Å². The number of methoxy groups -OCH3 is 3. The van der Waals surface area contributed by atoms with E-state index in [0.717, 1.165) is 0 Å². The van der Waals surface area contributed by atoms with E-state index in [1.165, 1.54) is 45.6 Å². The van der Waals surface area contributed by atoms with Crippen LogP contribution < -0.4 is 18.9 Å². The highest BCUT2D eigenvalue weighted by Crippen LogP contribution is 2.40. The Morgan fingerprint density at radius 1 is 1.03 bits per heavy atom. The number of hydrogen-bond donors (Lipinski definition) is 1. The van der Waals surface area contributed by atoms with E-state index in [1.54, 1.807) is 12.1 Å². The number of hydrogen-bond acceptors (Lipinski definition) is 8. The van der Waals surface area contributed by atoms with E-state index in [1.807, 2.05) is 0 Å². The Balaban J connectivity index is 1.70. The molecule has 2 aromatic carbocycles. The van der Waals surface area contributed by atoms with Crippen LogP contribution in [0.25, 0.3) is 11.4 Å². The average molecular weight is 454 g/mol. The van der Waals surface area contributed by atoms with E-state index in [0.29, 0.717) is 33.7 Å². The lowest BCUT2D eigenvalue weighted by atomic mass is 10.1. The van der Waals surface area contributed by atoms with Crippen LogP contribution in [-0.2, 0) is 16.4 Å². The van der Waals surface area contributed by atoms with Crippen LogP contribution in [0.3, 0.4) is 0 Å². The fourth-order valence-electron chi connectivity index (χ4n) is 2.67. The maximum Gasteiger partial charge on any atom is 0.240 e. The van der Waals surface area contributed by atoms with Gasteiger partial charge in [-0.05, 0) is 36.4 Å². The lowest BCUT2D eigenvalue weighted by Crippen LogP contribution is -2.26. The molecule has 0 aliphatic carbocycles. The number of rotatable bonds is 9. The third-order valence-electron chi connectivity index (χ3n) is 4.15. The van der Waals surface area contributed by atoms with Gasteiger partial charge in [0.1, 0.15) is 0 Å². The van der Waals surface area contributed by atoms with Crippen LogP contribution in [0.4, 0.5) is 0 Å². The predicted molar refractivity (Wildman–Crippen MR) is 110 cm³/mol. The Morgan fingerprint density at radius 3 is 2.23 bits per heavy atom. The van der Waals surface area contributed by atoms with Crippen LogP contribution in [-0.4, -0.2) is 46.4 Å². The number of halogens is 1. The van der Waals surface area contributed by atoms with Gasteiger partial charge in [0.15, 0.2) is 11.5 Å². The Hall–Kier alpha value is -2.82. The summed E-state index contributed by atoms with van der Waals surface area (Å²) in [4.78, 5) is 4.43. The summed E-state index contributed by atoms with van der Waals surface area (Å²) in [6, 6.07) is 9.27. The standard InChI is InChI=1S/C19H20ClN3O6S/c1-26-15-10-12(11-16(27-2)18(15)28-3)19-22-17(29-23-19)8-9-21-30(24,25)14-6-4-13(20)5-7-14/h4-7,10-11,21H,8-9H2,1-3H3. The zero-order valence-corrected chi connectivity index (χ0v) is 18.1. The molecule has 3 rings (SSSR count). The van der Waals surface area contributed by atoms with Gasteiger partial charge in [-0.15, -0.1) is 0 Å². The van der Waals surface area contributed by atoms with E-state index in [-0.39, 0.29) is 23.8 Å². The number of ether oxygens (including phenoxy) is 3. The van der Waals surface area contributed by atoms with Gasteiger partial charge in [-0.2, -0.15) is 4.98 Å². The van der Waals surface area contributed by atoms with Crippen molar-refractivity contribution in [2.75, 3.05) is 27.9 Å². The fraction of sp³-hybridized carbons (Fsp3) is 0.263. The first-order valence-corrected chi connectivity index (χ1v) is 10.6. The van der Waals surface area contributed by atoms with Crippen LogP contribution in [0, 0.1) is 0 Å². The minimum Gasteiger partial charge on any atom is -0.493 e. The Labute approximate surface area is 179 Å². The van der Waals surface area contributed by atoms with E-state index < -0.39 is 10.0 Å². The molecule has 0 atom stereocenters. The van der Waals surface area contributed by atoms with Crippen molar-refractivity contribution in [3.63, 3.8) is 0 Å². The smallest absolute Gasteiger partial charge is 0.240 e. The van der Waals surface area contributed by atoms with Crippen LogP contribution in [0.15, 0.2) is 45.8 Å². The SMILES string of the molecule is COc1cc(-c2noc(CCNS(=O)(=O)c3ccc(Cl)cc3)n2)cc(OC)c1OC. The van der Waals surface area contributed by atoms with Crippen molar-refractivity contribution in [3.8, 4) is 28.6 Å². The van der Waals surface area contributed by atoms with Gasteiger partial charge >= 0.3 is 0 Å². The summed E-state index contributed by atoms with van der Waals surface area (Å²) in [5.41, 5.74) is 0.598. The summed E-state index contributed by atoms with van der Waals surface area (Å²) in [7, 11) is 0.867. The quantitative estimate of drug-likeness (QED) is 0.526. The van der Waals surface area contributed by atoms with Crippen molar-refractivity contribution in [1.29, 1.82) is 0 Å². The molecule has 0 saturated carbocycles. The molecule has 0 fully saturated rings. The Bertz CT molecular complexity index is 1090. The van der Waals surface area contributed by atoms with Crippen molar-refractivity contribution in [3.05, 3.63) is 47.3 Å². The van der Waals surface area contributed by atoms with Crippen molar-refractivity contribution in [2.45, 2.75) is 11.3 Å². The first-order valence-electron chi connectivity index (χ1n) is 8.76. The predicted octanol–water partition coefficient (Wildman–Crippen LogP) is 2.94. The topological polar surface area (TPSA) is 113 Å². The first kappa shape index (κ1) is 21.9. The maximum absolute atomic E-state index is 12.3. The second-order valence-corrected chi connectivity index (χ2v) is 8.23. The van der Waals surface area contributed by atoms with Crippen molar-refractivity contribution in [1.82, 2.24) is 14.9 Å².